The zero-order valence-corrected chi connectivity index (χ0v) is 11.5. The summed E-state index contributed by atoms with van der Waals surface area (Å²) in [6, 6.07) is 5.73. The van der Waals surface area contributed by atoms with Gasteiger partial charge in [-0.2, -0.15) is 0 Å². The fourth-order valence-corrected chi connectivity index (χ4v) is 2.49. The van der Waals surface area contributed by atoms with Crippen LogP contribution in [-0.2, 0) is 0 Å². The van der Waals surface area contributed by atoms with Crippen LogP contribution in [0.2, 0.25) is 0 Å². The molecule has 4 heteroatoms. The van der Waals surface area contributed by atoms with Gasteiger partial charge in [0.05, 0.1) is 0 Å². The average Bonchev–Trinajstić information content (AvgIpc) is 2.32. The first-order chi connectivity index (χ1) is 8.09. The van der Waals surface area contributed by atoms with Crippen LogP contribution in [0.25, 0.3) is 0 Å². The number of piperidine rings is 1. The molecule has 1 aromatic rings. The number of anilines is 1. The first kappa shape index (κ1) is 12.4. The molecule has 2 rings (SSSR count). The highest BCUT2D eigenvalue weighted by Crippen LogP contribution is 2.23. The molecule has 0 radical (unpaired) electrons. The second-order valence-corrected chi connectivity index (χ2v) is 5.43. The van der Waals surface area contributed by atoms with E-state index in [0.717, 1.165) is 23.9 Å². The van der Waals surface area contributed by atoms with Crippen molar-refractivity contribution < 1.29 is 4.79 Å². The number of carbonyl (C=O) groups excluding carboxylic acids is 1. The second-order valence-electron chi connectivity index (χ2n) is 4.58. The Hall–Kier alpha value is -1.03. The van der Waals surface area contributed by atoms with Crippen LogP contribution in [0.15, 0.2) is 22.7 Å². The molecule has 3 nitrogen and oxygen atoms in total. The lowest BCUT2D eigenvalue weighted by atomic mass is 10.0. The molecule has 0 aromatic heterocycles. The molecule has 1 aromatic carbocycles. The van der Waals surface area contributed by atoms with Crippen molar-refractivity contribution in [1.29, 1.82) is 0 Å². The number of nitrogens with zero attached hydrogens (tertiary/aromatic N) is 1. The van der Waals surface area contributed by atoms with Crippen LogP contribution in [0.5, 0.6) is 0 Å². The van der Waals surface area contributed by atoms with Crippen LogP contribution < -0.4 is 5.73 Å². The van der Waals surface area contributed by atoms with Crippen molar-refractivity contribution in [3.63, 3.8) is 0 Å². The normalized spacial score (nSPS) is 20.4. The molecule has 1 atom stereocenters. The van der Waals surface area contributed by atoms with Gasteiger partial charge >= 0.3 is 0 Å². The monoisotopic (exact) mass is 296 g/mol. The summed E-state index contributed by atoms with van der Waals surface area (Å²) in [6.07, 6.45) is 3.41. The summed E-state index contributed by atoms with van der Waals surface area (Å²) in [6.45, 7) is 2.97. The van der Waals surface area contributed by atoms with Gasteiger partial charge in [0.1, 0.15) is 0 Å². The molecule has 1 aliphatic rings. The van der Waals surface area contributed by atoms with E-state index in [4.69, 9.17) is 5.73 Å². The maximum Gasteiger partial charge on any atom is 0.254 e. The lowest BCUT2D eigenvalue weighted by molar-refractivity contribution is 0.0635. The summed E-state index contributed by atoms with van der Waals surface area (Å²) in [5.41, 5.74) is 7.10. The Labute approximate surface area is 110 Å². The third kappa shape index (κ3) is 2.63. The number of hydrogen-bond donors (Lipinski definition) is 1. The summed E-state index contributed by atoms with van der Waals surface area (Å²) in [5, 5.41) is 0. The summed E-state index contributed by atoms with van der Waals surface area (Å²) in [7, 11) is 0. The lowest BCUT2D eigenvalue weighted by Gasteiger charge is -2.33. The third-order valence-electron chi connectivity index (χ3n) is 3.31. The zero-order valence-electron chi connectivity index (χ0n) is 9.95. The molecule has 0 aliphatic carbocycles. The van der Waals surface area contributed by atoms with Crippen molar-refractivity contribution >= 4 is 27.5 Å². The van der Waals surface area contributed by atoms with Crippen molar-refractivity contribution in [3.05, 3.63) is 28.2 Å². The summed E-state index contributed by atoms with van der Waals surface area (Å²) in [5.74, 6) is 0.0939. The predicted molar refractivity (Wildman–Crippen MR) is 72.9 cm³/mol. The first-order valence-electron chi connectivity index (χ1n) is 5.95. The number of hydrogen-bond acceptors (Lipinski definition) is 2. The summed E-state index contributed by atoms with van der Waals surface area (Å²) in [4.78, 5) is 14.3. The molecule has 1 fully saturated rings. The van der Waals surface area contributed by atoms with Crippen LogP contribution in [-0.4, -0.2) is 23.4 Å². The van der Waals surface area contributed by atoms with Gasteiger partial charge in [0.2, 0.25) is 0 Å². The molecule has 1 amide bonds. The van der Waals surface area contributed by atoms with E-state index in [1.54, 1.807) is 6.07 Å². The Balaban J connectivity index is 2.21. The maximum atomic E-state index is 12.3. The Morgan fingerprint density at radius 3 is 2.88 bits per heavy atom. The van der Waals surface area contributed by atoms with E-state index in [0.29, 0.717) is 17.3 Å². The standard InChI is InChI=1S/C13H17BrN2O/c1-9-4-2-3-7-16(9)13(17)10-5-6-11(14)12(15)8-10/h5-6,8-9H,2-4,7,15H2,1H3/t9-/m0/s1. The van der Waals surface area contributed by atoms with Gasteiger partial charge in [-0.15, -0.1) is 0 Å². The molecule has 0 unspecified atom stereocenters. The molecule has 17 heavy (non-hydrogen) atoms. The van der Waals surface area contributed by atoms with Crippen LogP contribution in [0, 0.1) is 0 Å². The first-order valence-corrected chi connectivity index (χ1v) is 6.75. The zero-order chi connectivity index (χ0) is 12.4. The highest BCUT2D eigenvalue weighted by atomic mass is 79.9. The van der Waals surface area contributed by atoms with E-state index in [-0.39, 0.29) is 5.91 Å². The number of nitrogen functional groups attached to an aromatic ring is 1. The second kappa shape index (κ2) is 5.08. The lowest BCUT2D eigenvalue weighted by Crippen LogP contribution is -2.42. The van der Waals surface area contributed by atoms with Crippen LogP contribution >= 0.6 is 15.9 Å². The number of likely N-dealkylation sites (tertiary alicyclic amines) is 1. The van der Waals surface area contributed by atoms with Crippen LogP contribution in [0.4, 0.5) is 5.69 Å². The average molecular weight is 297 g/mol. The van der Waals surface area contributed by atoms with E-state index in [2.05, 4.69) is 22.9 Å². The molecule has 0 bridgehead atoms. The van der Waals surface area contributed by atoms with Crippen LogP contribution in [0.1, 0.15) is 36.5 Å². The van der Waals surface area contributed by atoms with E-state index >= 15 is 0 Å². The van der Waals surface area contributed by atoms with Crippen molar-refractivity contribution in [3.8, 4) is 0 Å². The number of amides is 1. The number of benzene rings is 1. The van der Waals surface area contributed by atoms with Gasteiger partial charge in [0, 0.05) is 28.3 Å². The fraction of sp³-hybridized carbons (Fsp3) is 0.462. The fourth-order valence-electron chi connectivity index (χ4n) is 2.24. The number of nitrogens with two attached hydrogens (primary N) is 1. The van der Waals surface area contributed by atoms with E-state index < -0.39 is 0 Å². The highest BCUT2D eigenvalue weighted by Gasteiger charge is 2.24. The number of carbonyl (C=O) groups is 1. The molecule has 1 saturated heterocycles. The van der Waals surface area contributed by atoms with Gasteiger partial charge < -0.3 is 10.6 Å². The predicted octanol–water partition coefficient (Wildman–Crippen LogP) is 3.05. The van der Waals surface area contributed by atoms with E-state index in [1.165, 1.54) is 6.42 Å². The Kier molecular flexibility index (Phi) is 3.72. The summed E-state index contributed by atoms with van der Waals surface area (Å²) >= 11 is 3.34. The van der Waals surface area contributed by atoms with Crippen molar-refractivity contribution in [1.82, 2.24) is 4.90 Å². The smallest absolute Gasteiger partial charge is 0.254 e. The van der Waals surface area contributed by atoms with Crippen molar-refractivity contribution in [2.45, 2.75) is 32.2 Å². The maximum absolute atomic E-state index is 12.3. The van der Waals surface area contributed by atoms with Gasteiger partial charge in [0.25, 0.3) is 5.91 Å². The Bertz CT molecular complexity index is 433. The molecular weight excluding hydrogens is 280 g/mol. The molecular formula is C13H17BrN2O. The van der Waals surface area contributed by atoms with E-state index in [1.807, 2.05) is 17.0 Å². The van der Waals surface area contributed by atoms with E-state index in [9.17, 15) is 4.79 Å². The van der Waals surface area contributed by atoms with Gasteiger partial charge in [-0.1, -0.05) is 0 Å². The molecule has 92 valence electrons. The highest BCUT2D eigenvalue weighted by molar-refractivity contribution is 9.10. The number of rotatable bonds is 1. The minimum atomic E-state index is 0.0939. The molecule has 0 spiro atoms. The Morgan fingerprint density at radius 1 is 1.47 bits per heavy atom. The summed E-state index contributed by atoms with van der Waals surface area (Å²) < 4.78 is 0.834. The third-order valence-corrected chi connectivity index (χ3v) is 4.03. The van der Waals surface area contributed by atoms with Gasteiger partial charge in [-0.05, 0) is 60.3 Å². The molecule has 1 heterocycles. The quantitative estimate of drug-likeness (QED) is 0.810. The molecule has 0 saturated carbocycles. The Morgan fingerprint density at radius 2 is 2.24 bits per heavy atom. The number of halogens is 1. The molecule has 1 aliphatic heterocycles. The molecule has 2 N–H and O–H groups in total. The minimum absolute atomic E-state index is 0.0939. The minimum Gasteiger partial charge on any atom is -0.398 e. The topological polar surface area (TPSA) is 46.3 Å². The van der Waals surface area contributed by atoms with Crippen LogP contribution in [0.3, 0.4) is 0 Å². The SMILES string of the molecule is C[C@H]1CCCCN1C(=O)c1ccc(Br)c(N)c1. The van der Waals surface area contributed by atoms with Gasteiger partial charge in [-0.25, -0.2) is 0 Å². The van der Waals surface area contributed by atoms with Gasteiger partial charge in [0.15, 0.2) is 0 Å². The van der Waals surface area contributed by atoms with Crippen molar-refractivity contribution in [2.75, 3.05) is 12.3 Å². The van der Waals surface area contributed by atoms with Crippen molar-refractivity contribution in [2.24, 2.45) is 0 Å². The largest absolute Gasteiger partial charge is 0.398 e. The van der Waals surface area contributed by atoms with Gasteiger partial charge in [-0.3, -0.25) is 4.79 Å².